The standard InChI is InChI=1S/C32H32N6O6.C4H4O4/c1-20(43-29(39)18-33-3)19-37-21(2)30(32(41)38(37)22-8-6-5-7-9-22)31(40)36-28-13-11-24(17-35-28)44-27-14-15-34-26-16-23(42-4)10-12-25(26)27;5-3(6)1-2-4(7)8/h5-17,20,33H,18-19H2,1-4H3,(H,35,36,40);1-2H,(H,5,6)(H,7,8). The Labute approximate surface area is 296 Å². The quantitative estimate of drug-likeness (QED) is 0.101. The Morgan fingerprint density at radius 1 is 0.942 bits per heavy atom. The molecule has 1 amide bonds. The minimum Gasteiger partial charge on any atom is -0.497 e. The molecule has 0 spiro atoms. The largest absolute Gasteiger partial charge is 0.497 e. The number of carboxylic acids is 2. The number of likely N-dealkylation sites (N-methyl/N-ethyl adjacent to an activating group) is 1. The van der Waals surface area contributed by atoms with Gasteiger partial charge in [-0.15, -0.1) is 0 Å². The lowest BCUT2D eigenvalue weighted by Gasteiger charge is -2.18. The lowest BCUT2D eigenvalue weighted by molar-refractivity contribution is -0.147. The van der Waals surface area contributed by atoms with Crippen molar-refractivity contribution in [1.29, 1.82) is 0 Å². The van der Waals surface area contributed by atoms with Crippen LogP contribution in [-0.2, 0) is 25.7 Å². The number of benzene rings is 2. The zero-order valence-electron chi connectivity index (χ0n) is 28.6. The molecule has 0 radical (unpaired) electrons. The van der Waals surface area contributed by atoms with E-state index in [1.165, 1.54) is 10.9 Å². The van der Waals surface area contributed by atoms with Crippen molar-refractivity contribution in [2.45, 2.75) is 26.5 Å². The molecule has 0 aliphatic heterocycles. The maximum absolute atomic E-state index is 13.7. The third-order valence-corrected chi connectivity index (χ3v) is 7.19. The Morgan fingerprint density at radius 3 is 2.25 bits per heavy atom. The van der Waals surface area contributed by atoms with Crippen LogP contribution in [0.15, 0.2) is 96.1 Å². The van der Waals surface area contributed by atoms with Crippen molar-refractivity contribution in [1.82, 2.24) is 24.6 Å². The van der Waals surface area contributed by atoms with E-state index in [1.54, 1.807) is 81.3 Å². The summed E-state index contributed by atoms with van der Waals surface area (Å²) < 4.78 is 19.8. The molecule has 2 aromatic carbocycles. The highest BCUT2D eigenvalue weighted by atomic mass is 16.5. The number of fused-ring (bicyclic) bond motifs is 1. The van der Waals surface area contributed by atoms with Crippen molar-refractivity contribution in [3.05, 3.63) is 113 Å². The molecular formula is C36H36N6O10. The zero-order chi connectivity index (χ0) is 37.8. The predicted molar refractivity (Wildman–Crippen MR) is 189 cm³/mol. The molecule has 52 heavy (non-hydrogen) atoms. The van der Waals surface area contributed by atoms with E-state index in [4.69, 9.17) is 24.4 Å². The highest BCUT2D eigenvalue weighted by Crippen LogP contribution is 2.31. The lowest BCUT2D eigenvalue weighted by atomic mass is 10.2. The highest BCUT2D eigenvalue weighted by Gasteiger charge is 2.25. The molecule has 1 atom stereocenters. The number of esters is 1. The lowest BCUT2D eigenvalue weighted by Crippen LogP contribution is -2.30. The van der Waals surface area contributed by atoms with Gasteiger partial charge in [-0.3, -0.25) is 24.0 Å². The number of methoxy groups -OCH3 is 1. The van der Waals surface area contributed by atoms with Crippen LogP contribution in [0.3, 0.4) is 0 Å². The number of ether oxygens (including phenoxy) is 3. The second-order valence-corrected chi connectivity index (χ2v) is 11.0. The topological polar surface area (TPSA) is 213 Å². The van der Waals surface area contributed by atoms with E-state index < -0.39 is 35.5 Å². The van der Waals surface area contributed by atoms with Crippen molar-refractivity contribution in [2.24, 2.45) is 0 Å². The number of anilines is 1. The van der Waals surface area contributed by atoms with Gasteiger partial charge >= 0.3 is 17.9 Å². The van der Waals surface area contributed by atoms with Crippen LogP contribution in [0, 0.1) is 6.92 Å². The van der Waals surface area contributed by atoms with Gasteiger partial charge in [-0.1, -0.05) is 18.2 Å². The van der Waals surface area contributed by atoms with Gasteiger partial charge in [0, 0.05) is 29.8 Å². The smallest absolute Gasteiger partial charge is 0.328 e. The summed E-state index contributed by atoms with van der Waals surface area (Å²) >= 11 is 0. The van der Waals surface area contributed by atoms with Crippen LogP contribution in [0.2, 0.25) is 0 Å². The van der Waals surface area contributed by atoms with Crippen LogP contribution >= 0.6 is 0 Å². The van der Waals surface area contributed by atoms with Crippen LogP contribution in [0.25, 0.3) is 16.6 Å². The first-order valence-electron chi connectivity index (χ1n) is 15.7. The van der Waals surface area contributed by atoms with E-state index in [9.17, 15) is 24.0 Å². The monoisotopic (exact) mass is 712 g/mol. The SMILES string of the molecule is CNCC(=O)OC(C)Cn1c(C)c(C(=O)Nc2ccc(Oc3ccnc4cc(OC)ccc34)cn2)c(=O)n1-c1ccccc1.O=C(O)C=CC(=O)O. The summed E-state index contributed by atoms with van der Waals surface area (Å²) in [4.78, 5) is 66.9. The van der Waals surface area contributed by atoms with E-state index in [1.807, 2.05) is 24.3 Å². The molecule has 3 heterocycles. The predicted octanol–water partition coefficient (Wildman–Crippen LogP) is 3.81. The van der Waals surface area contributed by atoms with E-state index in [-0.39, 0.29) is 24.5 Å². The number of carbonyl (C=O) groups is 4. The number of aliphatic carboxylic acids is 2. The average Bonchev–Trinajstić information content (AvgIpc) is 3.36. The van der Waals surface area contributed by atoms with E-state index in [0.717, 1.165) is 5.39 Å². The van der Waals surface area contributed by atoms with Crippen molar-refractivity contribution in [2.75, 3.05) is 26.0 Å². The second-order valence-electron chi connectivity index (χ2n) is 11.0. The van der Waals surface area contributed by atoms with Gasteiger partial charge < -0.3 is 35.1 Å². The third kappa shape index (κ3) is 9.88. The summed E-state index contributed by atoms with van der Waals surface area (Å²) in [5, 5.41) is 21.9. The number of nitrogens with zero attached hydrogens (tertiary/aromatic N) is 4. The average molecular weight is 713 g/mol. The van der Waals surface area contributed by atoms with Crippen molar-refractivity contribution >= 4 is 40.5 Å². The number of nitrogens with one attached hydrogen (secondary N) is 2. The fraction of sp³-hybridized carbons (Fsp3) is 0.194. The van der Waals surface area contributed by atoms with Gasteiger partial charge in [0.1, 0.15) is 34.7 Å². The van der Waals surface area contributed by atoms with Gasteiger partial charge in [-0.2, -0.15) is 0 Å². The molecule has 3 aromatic heterocycles. The summed E-state index contributed by atoms with van der Waals surface area (Å²) in [6, 6.07) is 19.5. The Morgan fingerprint density at radius 2 is 1.63 bits per heavy atom. The Kier molecular flexibility index (Phi) is 13.0. The van der Waals surface area contributed by atoms with Crippen molar-refractivity contribution in [3.8, 4) is 22.9 Å². The molecule has 0 saturated heterocycles. The van der Waals surface area contributed by atoms with E-state index in [2.05, 4.69) is 20.6 Å². The first kappa shape index (κ1) is 38.0. The van der Waals surface area contributed by atoms with Crippen LogP contribution in [-0.4, -0.2) is 80.2 Å². The number of hydrogen-bond acceptors (Lipinski definition) is 11. The van der Waals surface area contributed by atoms with Crippen molar-refractivity contribution < 1.29 is 43.6 Å². The van der Waals surface area contributed by atoms with Crippen LogP contribution < -0.4 is 25.7 Å². The van der Waals surface area contributed by atoms with Gasteiger partial charge in [0.05, 0.1) is 43.3 Å². The number of para-hydroxylation sites is 1. The number of aromatic nitrogens is 4. The van der Waals surface area contributed by atoms with E-state index >= 15 is 0 Å². The van der Waals surface area contributed by atoms with Gasteiger partial charge in [0.15, 0.2) is 0 Å². The molecule has 0 saturated carbocycles. The first-order chi connectivity index (χ1) is 24.9. The molecular weight excluding hydrogens is 676 g/mol. The molecule has 4 N–H and O–H groups in total. The Bertz CT molecular complexity index is 2130. The molecule has 16 heteroatoms. The van der Waals surface area contributed by atoms with Gasteiger partial charge in [0.2, 0.25) is 0 Å². The number of hydrogen-bond donors (Lipinski definition) is 4. The molecule has 0 aliphatic rings. The van der Waals surface area contributed by atoms with Crippen LogP contribution in [0.5, 0.6) is 17.2 Å². The van der Waals surface area contributed by atoms with Gasteiger partial charge in [0.25, 0.3) is 11.5 Å². The number of carbonyl (C=O) groups excluding carboxylic acids is 2. The highest BCUT2D eigenvalue weighted by molar-refractivity contribution is 6.04. The molecule has 0 fully saturated rings. The minimum absolute atomic E-state index is 0.0524. The van der Waals surface area contributed by atoms with Gasteiger partial charge in [-0.05, 0) is 63.4 Å². The molecule has 5 aromatic rings. The molecule has 1 unspecified atom stereocenters. The normalized spacial score (nSPS) is 11.3. The molecule has 5 rings (SSSR count). The summed E-state index contributed by atoms with van der Waals surface area (Å²) in [6.07, 6.45) is 3.67. The maximum Gasteiger partial charge on any atom is 0.328 e. The molecule has 0 bridgehead atoms. The van der Waals surface area contributed by atoms with Crippen molar-refractivity contribution in [3.63, 3.8) is 0 Å². The van der Waals surface area contributed by atoms with Crippen LogP contribution in [0.4, 0.5) is 5.82 Å². The summed E-state index contributed by atoms with van der Waals surface area (Å²) in [7, 11) is 3.24. The minimum atomic E-state index is -1.26. The number of carboxylic acid groups (broad SMARTS) is 2. The van der Waals surface area contributed by atoms with Gasteiger partial charge in [-0.25, -0.2) is 19.3 Å². The molecule has 0 aliphatic carbocycles. The third-order valence-electron chi connectivity index (χ3n) is 7.19. The maximum atomic E-state index is 13.7. The zero-order valence-corrected chi connectivity index (χ0v) is 28.6. The molecule has 16 nitrogen and oxygen atoms in total. The fourth-order valence-corrected chi connectivity index (χ4v) is 4.93. The fourth-order valence-electron chi connectivity index (χ4n) is 4.93. The summed E-state index contributed by atoms with van der Waals surface area (Å²) in [6.45, 7) is 3.61. The Balaban J connectivity index is 0.000000677. The molecule has 270 valence electrons. The van der Waals surface area contributed by atoms with Crippen LogP contribution in [0.1, 0.15) is 23.0 Å². The second kappa shape index (κ2) is 17.7. The Hall–Kier alpha value is -6.81. The first-order valence-corrected chi connectivity index (χ1v) is 15.7. The number of amides is 1. The number of pyridine rings is 2. The van der Waals surface area contributed by atoms with E-state index in [0.29, 0.717) is 46.3 Å². The number of rotatable bonds is 13. The summed E-state index contributed by atoms with van der Waals surface area (Å²) in [5.74, 6) is -1.60. The summed E-state index contributed by atoms with van der Waals surface area (Å²) in [5.41, 5.74) is 1.13.